The number of carbonyl (C=O) groups is 1. The first-order valence-electron chi connectivity index (χ1n) is 5.67. The number of nitrogens with zero attached hydrogens (tertiary/aromatic N) is 1. The van der Waals surface area contributed by atoms with Gasteiger partial charge in [-0.3, -0.25) is 4.79 Å². The van der Waals surface area contributed by atoms with Crippen LogP contribution in [0.15, 0.2) is 12.1 Å². The maximum atomic E-state index is 11.8. The Labute approximate surface area is 107 Å². The number of carbonyl (C=O) groups excluding carboxylic acids is 1. The van der Waals surface area contributed by atoms with E-state index >= 15 is 0 Å². The highest BCUT2D eigenvalue weighted by Crippen LogP contribution is 2.16. The fourth-order valence-corrected chi connectivity index (χ4v) is 1.49. The molecule has 0 radical (unpaired) electrons. The number of nitrogens with one attached hydrogen (secondary N) is 2. The zero-order chi connectivity index (χ0) is 12.8. The van der Waals surface area contributed by atoms with Crippen LogP contribution in [0.3, 0.4) is 0 Å². The molecule has 17 heavy (non-hydrogen) atoms. The van der Waals surface area contributed by atoms with E-state index in [1.54, 1.807) is 19.2 Å². The van der Waals surface area contributed by atoms with Gasteiger partial charge in [-0.05, 0) is 24.5 Å². The van der Waals surface area contributed by atoms with Gasteiger partial charge in [0.2, 0.25) is 0 Å². The molecule has 94 valence electrons. The lowest BCUT2D eigenvalue weighted by Gasteiger charge is -2.08. The summed E-state index contributed by atoms with van der Waals surface area (Å²) in [4.78, 5) is 16.0. The van der Waals surface area contributed by atoms with E-state index in [0.29, 0.717) is 23.3 Å². The Hall–Kier alpha value is -1.29. The van der Waals surface area contributed by atoms with Crippen molar-refractivity contribution in [2.75, 3.05) is 18.9 Å². The van der Waals surface area contributed by atoms with Crippen molar-refractivity contribution in [2.24, 2.45) is 5.92 Å². The highest BCUT2D eigenvalue weighted by molar-refractivity contribution is 6.33. The van der Waals surface area contributed by atoms with Crippen LogP contribution < -0.4 is 10.6 Å². The van der Waals surface area contributed by atoms with Gasteiger partial charge in [0.05, 0.1) is 5.02 Å². The van der Waals surface area contributed by atoms with E-state index in [1.165, 1.54) is 0 Å². The molecule has 0 bridgehead atoms. The molecule has 0 aliphatic heterocycles. The van der Waals surface area contributed by atoms with Gasteiger partial charge in [0.15, 0.2) is 0 Å². The summed E-state index contributed by atoms with van der Waals surface area (Å²) in [5.41, 5.74) is 0.266. The van der Waals surface area contributed by atoms with Gasteiger partial charge < -0.3 is 10.6 Å². The summed E-state index contributed by atoms with van der Waals surface area (Å²) in [5.74, 6) is 0.957. The molecule has 0 saturated carbocycles. The average molecular weight is 256 g/mol. The molecular formula is C12H18ClN3O. The number of rotatable bonds is 5. The largest absolute Gasteiger partial charge is 0.373 e. The molecule has 1 aromatic rings. The topological polar surface area (TPSA) is 54.0 Å². The Morgan fingerprint density at radius 1 is 1.47 bits per heavy atom. The highest BCUT2D eigenvalue weighted by Gasteiger charge is 2.12. The molecule has 4 nitrogen and oxygen atoms in total. The SMILES string of the molecule is CNc1ccc(Cl)c(C(=O)NCCC(C)C)n1. The van der Waals surface area contributed by atoms with Crippen LogP contribution in [0, 0.1) is 5.92 Å². The molecule has 0 aliphatic rings. The predicted molar refractivity (Wildman–Crippen MR) is 70.6 cm³/mol. The van der Waals surface area contributed by atoms with Gasteiger partial charge in [-0.1, -0.05) is 25.4 Å². The zero-order valence-corrected chi connectivity index (χ0v) is 11.1. The first kappa shape index (κ1) is 13.8. The Morgan fingerprint density at radius 3 is 2.76 bits per heavy atom. The molecule has 0 unspecified atom stereocenters. The molecule has 0 atom stereocenters. The molecule has 1 rings (SSSR count). The van der Waals surface area contributed by atoms with Crippen molar-refractivity contribution in [3.05, 3.63) is 22.8 Å². The third-order valence-electron chi connectivity index (χ3n) is 2.32. The van der Waals surface area contributed by atoms with Crippen molar-refractivity contribution in [3.8, 4) is 0 Å². The van der Waals surface area contributed by atoms with Crippen molar-refractivity contribution in [1.29, 1.82) is 0 Å². The molecule has 0 saturated heterocycles. The standard InChI is InChI=1S/C12H18ClN3O/c1-8(2)6-7-15-12(17)11-9(13)4-5-10(14-3)16-11/h4-5,8H,6-7H2,1-3H3,(H,14,16)(H,15,17). The molecule has 0 aliphatic carbocycles. The second kappa shape index (κ2) is 6.45. The Bertz CT molecular complexity index is 393. The van der Waals surface area contributed by atoms with Crippen molar-refractivity contribution in [1.82, 2.24) is 10.3 Å². The summed E-state index contributed by atoms with van der Waals surface area (Å²) < 4.78 is 0. The van der Waals surface area contributed by atoms with Crippen LogP contribution in [0.2, 0.25) is 5.02 Å². The van der Waals surface area contributed by atoms with E-state index in [1.807, 2.05) is 0 Å². The minimum absolute atomic E-state index is 0.229. The van der Waals surface area contributed by atoms with E-state index in [4.69, 9.17) is 11.6 Å². The maximum Gasteiger partial charge on any atom is 0.271 e. The molecule has 0 spiro atoms. The number of pyridine rings is 1. The minimum Gasteiger partial charge on any atom is -0.373 e. The number of aromatic nitrogens is 1. The molecule has 1 aromatic heterocycles. The van der Waals surface area contributed by atoms with Gasteiger partial charge in [0, 0.05) is 13.6 Å². The number of halogens is 1. The van der Waals surface area contributed by atoms with E-state index in [2.05, 4.69) is 29.5 Å². The number of anilines is 1. The normalized spacial score (nSPS) is 10.4. The third kappa shape index (κ3) is 4.23. The maximum absolute atomic E-state index is 11.8. The van der Waals surface area contributed by atoms with Gasteiger partial charge in [0.25, 0.3) is 5.91 Å². The monoisotopic (exact) mass is 255 g/mol. The summed E-state index contributed by atoms with van der Waals surface area (Å²) in [6, 6.07) is 3.39. The molecule has 1 amide bonds. The third-order valence-corrected chi connectivity index (χ3v) is 2.63. The van der Waals surface area contributed by atoms with Crippen molar-refractivity contribution in [2.45, 2.75) is 20.3 Å². The van der Waals surface area contributed by atoms with Gasteiger partial charge >= 0.3 is 0 Å². The lowest BCUT2D eigenvalue weighted by Crippen LogP contribution is -2.26. The van der Waals surface area contributed by atoms with Crippen LogP contribution in [-0.4, -0.2) is 24.5 Å². The van der Waals surface area contributed by atoms with Gasteiger partial charge in [-0.2, -0.15) is 0 Å². The van der Waals surface area contributed by atoms with Crippen molar-refractivity contribution < 1.29 is 4.79 Å². The second-order valence-electron chi connectivity index (χ2n) is 4.22. The fraction of sp³-hybridized carbons (Fsp3) is 0.500. The predicted octanol–water partition coefficient (Wildman–Crippen LogP) is 2.55. The lowest BCUT2D eigenvalue weighted by atomic mass is 10.1. The van der Waals surface area contributed by atoms with E-state index < -0.39 is 0 Å². The van der Waals surface area contributed by atoms with E-state index in [9.17, 15) is 4.79 Å². The Morgan fingerprint density at radius 2 is 2.18 bits per heavy atom. The van der Waals surface area contributed by atoms with Gasteiger partial charge in [-0.25, -0.2) is 4.98 Å². The fourth-order valence-electron chi connectivity index (χ4n) is 1.30. The molecule has 2 N–H and O–H groups in total. The number of hydrogen-bond donors (Lipinski definition) is 2. The van der Waals surface area contributed by atoms with Crippen LogP contribution in [0.4, 0.5) is 5.82 Å². The number of hydrogen-bond acceptors (Lipinski definition) is 3. The zero-order valence-electron chi connectivity index (χ0n) is 10.4. The molecule has 0 aromatic carbocycles. The molecular weight excluding hydrogens is 238 g/mol. The van der Waals surface area contributed by atoms with Crippen molar-refractivity contribution in [3.63, 3.8) is 0 Å². The Balaban J connectivity index is 2.67. The van der Waals surface area contributed by atoms with Crippen molar-refractivity contribution >= 4 is 23.3 Å². The van der Waals surface area contributed by atoms with Crippen LogP contribution in [0.25, 0.3) is 0 Å². The van der Waals surface area contributed by atoms with Crippen LogP contribution in [0.5, 0.6) is 0 Å². The average Bonchev–Trinajstić information content (AvgIpc) is 2.29. The van der Waals surface area contributed by atoms with E-state index in [0.717, 1.165) is 6.42 Å². The summed E-state index contributed by atoms with van der Waals surface area (Å²) >= 11 is 5.94. The van der Waals surface area contributed by atoms with Gasteiger partial charge in [0.1, 0.15) is 11.5 Å². The summed E-state index contributed by atoms with van der Waals surface area (Å²) in [7, 11) is 1.75. The first-order chi connectivity index (χ1) is 8.04. The quantitative estimate of drug-likeness (QED) is 0.850. The van der Waals surface area contributed by atoms with Crippen LogP contribution in [0.1, 0.15) is 30.8 Å². The van der Waals surface area contributed by atoms with Crippen LogP contribution in [-0.2, 0) is 0 Å². The lowest BCUT2D eigenvalue weighted by molar-refractivity contribution is 0.0947. The van der Waals surface area contributed by atoms with Gasteiger partial charge in [-0.15, -0.1) is 0 Å². The highest BCUT2D eigenvalue weighted by atomic mass is 35.5. The molecule has 5 heteroatoms. The van der Waals surface area contributed by atoms with Crippen LogP contribution >= 0.6 is 11.6 Å². The summed E-state index contributed by atoms with van der Waals surface area (Å²) in [5, 5.41) is 6.05. The number of amides is 1. The van der Waals surface area contributed by atoms with E-state index in [-0.39, 0.29) is 11.6 Å². The summed E-state index contributed by atoms with van der Waals surface area (Å²) in [6.07, 6.45) is 0.940. The second-order valence-corrected chi connectivity index (χ2v) is 4.62. The minimum atomic E-state index is -0.229. The molecule has 1 heterocycles. The molecule has 0 fully saturated rings. The first-order valence-corrected chi connectivity index (χ1v) is 6.05. The Kier molecular flexibility index (Phi) is 5.22. The summed E-state index contributed by atoms with van der Waals surface area (Å²) in [6.45, 7) is 4.86. The smallest absolute Gasteiger partial charge is 0.271 e.